The molecule has 0 spiro atoms. The number of carbonyl (C=O) groups is 3. The van der Waals surface area contributed by atoms with E-state index in [0.29, 0.717) is 38.4 Å². The molecule has 0 radical (unpaired) electrons. The van der Waals surface area contributed by atoms with Crippen LogP contribution >= 0.6 is 23.4 Å². The van der Waals surface area contributed by atoms with Gasteiger partial charge in [0.05, 0.1) is 33.9 Å². The van der Waals surface area contributed by atoms with Crippen LogP contribution in [0.25, 0.3) is 17.4 Å². The van der Waals surface area contributed by atoms with E-state index in [1.807, 2.05) is 0 Å². The van der Waals surface area contributed by atoms with Gasteiger partial charge in [0.2, 0.25) is 0 Å². The second-order valence-electron chi connectivity index (χ2n) is 7.11. The smallest absolute Gasteiger partial charge is 0.337 e. The number of aliphatic imine (C=N–C) groups is 1. The SMILES string of the molecule is COC(=O)c1ccc(N=C2SC(=Cc3ccc(-c4ccc(Cl)c(C(=O)O)c4)o3)C(=O)N2C)cc1. The highest BCUT2D eigenvalue weighted by Gasteiger charge is 2.30. The summed E-state index contributed by atoms with van der Waals surface area (Å²) in [6.07, 6.45) is 1.60. The fourth-order valence-electron chi connectivity index (χ4n) is 3.11. The Morgan fingerprint density at radius 2 is 1.88 bits per heavy atom. The Morgan fingerprint density at radius 1 is 1.15 bits per heavy atom. The van der Waals surface area contributed by atoms with Crippen LogP contribution in [0.5, 0.6) is 0 Å². The summed E-state index contributed by atoms with van der Waals surface area (Å²) in [5.41, 5.74) is 1.50. The number of carbonyl (C=O) groups excluding carboxylic acids is 2. The van der Waals surface area contributed by atoms with Gasteiger partial charge in [-0.1, -0.05) is 11.6 Å². The van der Waals surface area contributed by atoms with Crippen LogP contribution in [0, 0.1) is 0 Å². The number of hydrogen-bond donors (Lipinski definition) is 1. The lowest BCUT2D eigenvalue weighted by Gasteiger charge is -2.07. The van der Waals surface area contributed by atoms with E-state index >= 15 is 0 Å². The highest BCUT2D eigenvalue weighted by Crippen LogP contribution is 2.34. The van der Waals surface area contributed by atoms with Crippen molar-refractivity contribution in [1.82, 2.24) is 4.90 Å². The van der Waals surface area contributed by atoms with Crippen molar-refractivity contribution in [3.8, 4) is 11.3 Å². The first-order chi connectivity index (χ1) is 16.3. The minimum atomic E-state index is -1.14. The first-order valence-electron chi connectivity index (χ1n) is 9.84. The predicted molar refractivity (Wildman–Crippen MR) is 129 cm³/mol. The Hall–Kier alpha value is -3.82. The van der Waals surface area contributed by atoms with Crippen molar-refractivity contribution in [2.24, 2.45) is 4.99 Å². The summed E-state index contributed by atoms with van der Waals surface area (Å²) in [6.45, 7) is 0. The second kappa shape index (κ2) is 9.58. The average Bonchev–Trinajstić information content (AvgIpc) is 3.40. The van der Waals surface area contributed by atoms with Crippen molar-refractivity contribution in [2.75, 3.05) is 14.2 Å². The zero-order valence-corrected chi connectivity index (χ0v) is 19.5. The van der Waals surface area contributed by atoms with E-state index in [9.17, 15) is 19.5 Å². The third kappa shape index (κ3) is 4.75. The molecule has 0 bridgehead atoms. The number of amides is 1. The molecule has 1 N–H and O–H groups in total. The van der Waals surface area contributed by atoms with Crippen molar-refractivity contribution < 1.29 is 28.6 Å². The lowest BCUT2D eigenvalue weighted by molar-refractivity contribution is -0.121. The topological polar surface area (TPSA) is 109 Å². The largest absolute Gasteiger partial charge is 0.478 e. The van der Waals surface area contributed by atoms with Crippen molar-refractivity contribution in [1.29, 1.82) is 0 Å². The molecular weight excluding hydrogens is 480 g/mol. The number of carboxylic acids is 1. The lowest BCUT2D eigenvalue weighted by atomic mass is 10.1. The summed E-state index contributed by atoms with van der Waals surface area (Å²) >= 11 is 7.11. The molecule has 8 nitrogen and oxygen atoms in total. The number of thioether (sulfide) groups is 1. The molecule has 2 heterocycles. The van der Waals surface area contributed by atoms with Gasteiger partial charge in [-0.25, -0.2) is 14.6 Å². The van der Waals surface area contributed by atoms with E-state index < -0.39 is 11.9 Å². The standard InChI is InChI=1S/C24H17ClN2O6S/c1-27-21(28)20(34-24(27)26-15-6-3-13(4-7-15)23(31)32-2)12-16-8-10-19(33-16)14-5-9-18(25)17(11-14)22(29)30/h3-12H,1-2H3,(H,29,30). The number of esters is 1. The van der Waals surface area contributed by atoms with E-state index in [1.165, 1.54) is 35.9 Å². The van der Waals surface area contributed by atoms with Gasteiger partial charge < -0.3 is 14.3 Å². The van der Waals surface area contributed by atoms with Crippen LogP contribution in [0.4, 0.5) is 5.69 Å². The van der Waals surface area contributed by atoms with Crippen LogP contribution in [0.2, 0.25) is 5.02 Å². The van der Waals surface area contributed by atoms with Gasteiger partial charge in [-0.05, 0) is 66.4 Å². The summed E-state index contributed by atoms with van der Waals surface area (Å²) in [5.74, 6) is -0.956. The zero-order valence-electron chi connectivity index (χ0n) is 17.9. The highest BCUT2D eigenvalue weighted by atomic mass is 35.5. The number of likely N-dealkylation sites (N-methyl/N-ethyl adjacent to an activating group) is 1. The van der Waals surface area contributed by atoms with Gasteiger partial charge in [0.15, 0.2) is 5.17 Å². The quantitative estimate of drug-likeness (QED) is 0.376. The number of aromatic carboxylic acids is 1. The minimum Gasteiger partial charge on any atom is -0.478 e. The Morgan fingerprint density at radius 3 is 2.56 bits per heavy atom. The molecule has 1 amide bonds. The van der Waals surface area contributed by atoms with Crippen LogP contribution in [-0.2, 0) is 9.53 Å². The minimum absolute atomic E-state index is 0.0286. The molecule has 1 saturated heterocycles. The highest BCUT2D eigenvalue weighted by molar-refractivity contribution is 8.18. The molecule has 0 saturated carbocycles. The predicted octanol–water partition coefficient (Wildman–Crippen LogP) is 5.32. The van der Waals surface area contributed by atoms with Gasteiger partial charge in [0.25, 0.3) is 5.91 Å². The molecule has 2 aromatic carbocycles. The molecule has 10 heteroatoms. The maximum atomic E-state index is 12.7. The zero-order chi connectivity index (χ0) is 24.4. The second-order valence-corrected chi connectivity index (χ2v) is 8.53. The molecule has 0 unspecified atom stereocenters. The van der Waals surface area contributed by atoms with Crippen molar-refractivity contribution in [3.63, 3.8) is 0 Å². The van der Waals surface area contributed by atoms with Gasteiger partial charge in [0, 0.05) is 18.7 Å². The van der Waals surface area contributed by atoms with Gasteiger partial charge >= 0.3 is 11.9 Å². The van der Waals surface area contributed by atoms with E-state index in [2.05, 4.69) is 9.73 Å². The number of rotatable bonds is 5. The monoisotopic (exact) mass is 496 g/mol. The fourth-order valence-corrected chi connectivity index (χ4v) is 4.27. The Bertz CT molecular complexity index is 1360. The lowest BCUT2D eigenvalue weighted by Crippen LogP contribution is -2.23. The van der Waals surface area contributed by atoms with E-state index in [1.54, 1.807) is 55.6 Å². The molecule has 0 atom stereocenters. The number of benzene rings is 2. The maximum Gasteiger partial charge on any atom is 0.337 e. The van der Waals surface area contributed by atoms with Crippen LogP contribution in [-0.4, -0.2) is 47.2 Å². The van der Waals surface area contributed by atoms with Crippen LogP contribution in [0.1, 0.15) is 26.5 Å². The molecule has 1 aliphatic heterocycles. The van der Waals surface area contributed by atoms with Gasteiger partial charge in [-0.3, -0.25) is 9.69 Å². The number of nitrogens with zero attached hydrogens (tertiary/aromatic N) is 2. The normalized spacial score (nSPS) is 15.9. The van der Waals surface area contributed by atoms with Crippen LogP contribution in [0.3, 0.4) is 0 Å². The number of methoxy groups -OCH3 is 1. The number of carboxylic acid groups (broad SMARTS) is 1. The van der Waals surface area contributed by atoms with Crippen molar-refractivity contribution in [3.05, 3.63) is 81.4 Å². The van der Waals surface area contributed by atoms with Crippen LogP contribution < -0.4 is 0 Å². The van der Waals surface area contributed by atoms with E-state index in [0.717, 1.165) is 0 Å². The first kappa shape index (κ1) is 23.3. The molecule has 34 heavy (non-hydrogen) atoms. The van der Waals surface area contributed by atoms with Gasteiger partial charge in [-0.15, -0.1) is 0 Å². The Kier molecular flexibility index (Phi) is 6.58. The number of hydrogen-bond acceptors (Lipinski definition) is 7. The number of ether oxygens (including phenoxy) is 1. The molecule has 1 aromatic heterocycles. The van der Waals surface area contributed by atoms with E-state index in [-0.39, 0.29) is 16.5 Å². The summed E-state index contributed by atoms with van der Waals surface area (Å²) in [4.78, 5) is 41.9. The summed E-state index contributed by atoms with van der Waals surface area (Å²) in [5, 5.41) is 9.87. The maximum absolute atomic E-state index is 12.7. The number of furan rings is 1. The fraction of sp³-hybridized carbons (Fsp3) is 0.0833. The molecule has 4 rings (SSSR count). The summed E-state index contributed by atoms with van der Waals surface area (Å²) in [6, 6.07) is 14.5. The Balaban J connectivity index is 1.56. The van der Waals surface area contributed by atoms with Gasteiger partial charge in [-0.2, -0.15) is 0 Å². The summed E-state index contributed by atoms with van der Waals surface area (Å²) < 4.78 is 10.5. The molecule has 1 fully saturated rings. The average molecular weight is 497 g/mol. The first-order valence-corrected chi connectivity index (χ1v) is 11.0. The molecular formula is C24H17ClN2O6S. The molecule has 1 aliphatic rings. The molecule has 0 aliphatic carbocycles. The van der Waals surface area contributed by atoms with Crippen molar-refractivity contribution >= 4 is 58.1 Å². The molecule has 3 aromatic rings. The Labute approximate surface area is 203 Å². The van der Waals surface area contributed by atoms with Crippen LogP contribution in [0.15, 0.2) is 68.9 Å². The van der Waals surface area contributed by atoms with Crippen molar-refractivity contribution in [2.45, 2.75) is 0 Å². The third-order valence-electron chi connectivity index (χ3n) is 4.90. The number of halogens is 1. The third-order valence-corrected chi connectivity index (χ3v) is 6.29. The summed E-state index contributed by atoms with van der Waals surface area (Å²) in [7, 11) is 2.93. The molecule has 172 valence electrons. The van der Waals surface area contributed by atoms with Gasteiger partial charge in [0.1, 0.15) is 11.5 Å². The van der Waals surface area contributed by atoms with E-state index in [4.69, 9.17) is 16.0 Å². The number of amidine groups is 1.